The molecular formula is C15H20N4O. The van der Waals surface area contributed by atoms with E-state index in [0.717, 1.165) is 16.8 Å². The molecule has 20 heavy (non-hydrogen) atoms. The fourth-order valence-electron chi connectivity index (χ4n) is 2.13. The predicted molar refractivity (Wildman–Crippen MR) is 79.1 cm³/mol. The minimum absolute atomic E-state index is 0.00877. The number of nitrogens with zero attached hydrogens (tertiary/aromatic N) is 2. The van der Waals surface area contributed by atoms with Crippen molar-refractivity contribution in [2.24, 2.45) is 7.05 Å². The van der Waals surface area contributed by atoms with E-state index in [2.05, 4.69) is 10.4 Å². The molecule has 0 radical (unpaired) electrons. The molecular weight excluding hydrogens is 252 g/mol. The minimum Gasteiger partial charge on any atom is -0.399 e. The first-order chi connectivity index (χ1) is 9.47. The van der Waals surface area contributed by atoms with Crippen LogP contribution >= 0.6 is 0 Å². The first-order valence-corrected chi connectivity index (χ1v) is 6.59. The number of hydrogen-bond acceptors (Lipinski definition) is 3. The van der Waals surface area contributed by atoms with Crippen LogP contribution in [-0.4, -0.2) is 15.7 Å². The van der Waals surface area contributed by atoms with Gasteiger partial charge in [-0.15, -0.1) is 0 Å². The lowest BCUT2D eigenvalue weighted by atomic mass is 10.1. The Morgan fingerprint density at radius 3 is 2.60 bits per heavy atom. The lowest BCUT2D eigenvalue weighted by Gasteiger charge is -2.14. The van der Waals surface area contributed by atoms with Gasteiger partial charge >= 0.3 is 0 Å². The zero-order valence-corrected chi connectivity index (χ0v) is 12.1. The molecule has 1 amide bonds. The number of amides is 1. The highest BCUT2D eigenvalue weighted by Crippen LogP contribution is 2.16. The third-order valence-corrected chi connectivity index (χ3v) is 3.46. The van der Waals surface area contributed by atoms with Crippen LogP contribution in [0.3, 0.4) is 0 Å². The van der Waals surface area contributed by atoms with E-state index in [1.807, 2.05) is 33.0 Å². The van der Waals surface area contributed by atoms with Crippen LogP contribution in [0.5, 0.6) is 0 Å². The van der Waals surface area contributed by atoms with Gasteiger partial charge in [0, 0.05) is 24.0 Å². The van der Waals surface area contributed by atoms with E-state index < -0.39 is 0 Å². The fraction of sp³-hybridized carbons (Fsp3) is 0.333. The maximum Gasteiger partial charge on any atom is 0.224 e. The number of rotatable bonds is 4. The summed E-state index contributed by atoms with van der Waals surface area (Å²) in [5, 5.41) is 7.18. The van der Waals surface area contributed by atoms with E-state index in [0.29, 0.717) is 12.1 Å². The number of aromatic nitrogens is 2. The Bertz CT molecular complexity index is 601. The average Bonchev–Trinajstić information content (AvgIpc) is 2.73. The second kappa shape index (κ2) is 5.77. The summed E-state index contributed by atoms with van der Waals surface area (Å²) in [5.74, 6) is -0.00877. The summed E-state index contributed by atoms with van der Waals surface area (Å²) in [6, 6.07) is 7.29. The Hall–Kier alpha value is -2.30. The van der Waals surface area contributed by atoms with Gasteiger partial charge in [0.05, 0.1) is 18.7 Å². The van der Waals surface area contributed by atoms with Gasteiger partial charge in [0.15, 0.2) is 0 Å². The molecule has 1 heterocycles. The van der Waals surface area contributed by atoms with Crippen LogP contribution < -0.4 is 11.1 Å². The van der Waals surface area contributed by atoms with Gasteiger partial charge in [0.2, 0.25) is 5.91 Å². The van der Waals surface area contributed by atoms with Crippen molar-refractivity contribution in [2.45, 2.75) is 26.3 Å². The number of aryl methyl sites for hydroxylation is 1. The monoisotopic (exact) mass is 272 g/mol. The van der Waals surface area contributed by atoms with Crippen molar-refractivity contribution < 1.29 is 4.79 Å². The van der Waals surface area contributed by atoms with E-state index in [9.17, 15) is 4.79 Å². The van der Waals surface area contributed by atoms with Gasteiger partial charge in [-0.25, -0.2) is 0 Å². The molecule has 1 unspecified atom stereocenters. The van der Waals surface area contributed by atoms with Crippen LogP contribution in [0.2, 0.25) is 0 Å². The summed E-state index contributed by atoms with van der Waals surface area (Å²) in [7, 11) is 1.89. The van der Waals surface area contributed by atoms with Crippen molar-refractivity contribution in [2.75, 3.05) is 5.73 Å². The summed E-state index contributed by atoms with van der Waals surface area (Å²) >= 11 is 0. The first-order valence-electron chi connectivity index (χ1n) is 6.59. The molecule has 0 bridgehead atoms. The van der Waals surface area contributed by atoms with Crippen LogP contribution in [0.1, 0.15) is 29.8 Å². The SMILES string of the molecule is Cc1c(C(C)NC(=O)Cc2ccc(N)cc2)cnn1C. The lowest BCUT2D eigenvalue weighted by molar-refractivity contribution is -0.121. The normalized spacial score (nSPS) is 12.2. The van der Waals surface area contributed by atoms with Crippen LogP contribution in [-0.2, 0) is 18.3 Å². The molecule has 5 heteroatoms. The summed E-state index contributed by atoms with van der Waals surface area (Å²) < 4.78 is 1.80. The lowest BCUT2D eigenvalue weighted by Crippen LogP contribution is -2.28. The number of anilines is 1. The molecule has 2 rings (SSSR count). The number of nitrogens with one attached hydrogen (secondary N) is 1. The number of carbonyl (C=O) groups is 1. The molecule has 106 valence electrons. The van der Waals surface area contributed by atoms with E-state index in [1.165, 1.54) is 0 Å². The van der Waals surface area contributed by atoms with E-state index >= 15 is 0 Å². The van der Waals surface area contributed by atoms with E-state index in [1.54, 1.807) is 23.0 Å². The summed E-state index contributed by atoms with van der Waals surface area (Å²) in [4.78, 5) is 12.0. The van der Waals surface area contributed by atoms with E-state index in [-0.39, 0.29) is 11.9 Å². The second-order valence-corrected chi connectivity index (χ2v) is 5.02. The van der Waals surface area contributed by atoms with Gasteiger partial charge < -0.3 is 11.1 Å². The number of nitrogen functional groups attached to an aromatic ring is 1. The van der Waals surface area contributed by atoms with Gasteiger partial charge in [0.1, 0.15) is 0 Å². The molecule has 0 saturated carbocycles. The van der Waals surface area contributed by atoms with Gasteiger partial charge in [0.25, 0.3) is 0 Å². The Balaban J connectivity index is 1.97. The number of carbonyl (C=O) groups excluding carboxylic acids is 1. The van der Waals surface area contributed by atoms with Crippen molar-refractivity contribution >= 4 is 11.6 Å². The molecule has 5 nitrogen and oxygen atoms in total. The summed E-state index contributed by atoms with van der Waals surface area (Å²) in [5.41, 5.74) is 9.38. The summed E-state index contributed by atoms with van der Waals surface area (Å²) in [6.07, 6.45) is 2.15. The van der Waals surface area contributed by atoms with Gasteiger partial charge in [-0.2, -0.15) is 5.10 Å². The van der Waals surface area contributed by atoms with Crippen molar-refractivity contribution in [3.63, 3.8) is 0 Å². The number of nitrogens with two attached hydrogens (primary N) is 1. The summed E-state index contributed by atoms with van der Waals surface area (Å²) in [6.45, 7) is 3.95. The molecule has 0 fully saturated rings. The van der Waals surface area contributed by atoms with Gasteiger partial charge in [-0.05, 0) is 31.5 Å². The Morgan fingerprint density at radius 1 is 1.40 bits per heavy atom. The van der Waals surface area contributed by atoms with Crippen LogP contribution in [0.25, 0.3) is 0 Å². The zero-order valence-electron chi connectivity index (χ0n) is 12.1. The predicted octanol–water partition coefficient (Wildman–Crippen LogP) is 1.73. The largest absolute Gasteiger partial charge is 0.399 e. The molecule has 0 aliphatic rings. The molecule has 0 aliphatic heterocycles. The third-order valence-electron chi connectivity index (χ3n) is 3.46. The van der Waals surface area contributed by atoms with Crippen molar-refractivity contribution in [1.82, 2.24) is 15.1 Å². The van der Waals surface area contributed by atoms with Crippen LogP contribution in [0.15, 0.2) is 30.5 Å². The molecule has 0 aliphatic carbocycles. The molecule has 0 saturated heterocycles. The molecule has 1 atom stereocenters. The molecule has 1 aromatic carbocycles. The van der Waals surface area contributed by atoms with Crippen molar-refractivity contribution in [1.29, 1.82) is 0 Å². The Morgan fingerprint density at radius 2 is 2.05 bits per heavy atom. The molecule has 0 spiro atoms. The van der Waals surface area contributed by atoms with Crippen molar-refractivity contribution in [3.8, 4) is 0 Å². The van der Waals surface area contributed by atoms with Gasteiger partial charge in [-0.1, -0.05) is 12.1 Å². The highest BCUT2D eigenvalue weighted by Gasteiger charge is 2.14. The molecule has 1 aromatic heterocycles. The third kappa shape index (κ3) is 3.17. The second-order valence-electron chi connectivity index (χ2n) is 5.02. The smallest absolute Gasteiger partial charge is 0.224 e. The quantitative estimate of drug-likeness (QED) is 0.832. The van der Waals surface area contributed by atoms with E-state index in [4.69, 9.17) is 5.73 Å². The molecule has 3 N–H and O–H groups in total. The van der Waals surface area contributed by atoms with Crippen LogP contribution in [0, 0.1) is 6.92 Å². The maximum absolute atomic E-state index is 12.0. The number of hydrogen-bond donors (Lipinski definition) is 2. The average molecular weight is 272 g/mol. The Labute approximate surface area is 118 Å². The molecule has 2 aromatic rings. The number of benzene rings is 1. The highest BCUT2D eigenvalue weighted by molar-refractivity contribution is 5.79. The minimum atomic E-state index is -0.0509. The van der Waals surface area contributed by atoms with Gasteiger partial charge in [-0.3, -0.25) is 9.48 Å². The first kappa shape index (κ1) is 14.1. The highest BCUT2D eigenvalue weighted by atomic mass is 16.1. The maximum atomic E-state index is 12.0. The Kier molecular flexibility index (Phi) is 4.08. The fourth-order valence-corrected chi connectivity index (χ4v) is 2.13. The topological polar surface area (TPSA) is 72.9 Å². The standard InChI is InChI=1S/C15H20N4O/c1-10(14-9-17-19(3)11(14)2)18-15(20)8-12-4-6-13(16)7-5-12/h4-7,9-10H,8,16H2,1-3H3,(H,18,20). The van der Waals surface area contributed by atoms with Crippen LogP contribution in [0.4, 0.5) is 5.69 Å². The van der Waals surface area contributed by atoms with Crippen molar-refractivity contribution in [3.05, 3.63) is 47.3 Å². The zero-order chi connectivity index (χ0) is 14.7.